The summed E-state index contributed by atoms with van der Waals surface area (Å²) in [5, 5.41) is 2.24. The normalized spacial score (nSPS) is 12.3. The maximum atomic E-state index is 6.21. The van der Waals surface area contributed by atoms with Gasteiger partial charge in [-0.2, -0.15) is 0 Å². The molecule has 0 saturated carbocycles. The van der Waals surface area contributed by atoms with Crippen molar-refractivity contribution in [3.05, 3.63) is 29.8 Å². The Morgan fingerprint density at radius 1 is 0.962 bits per heavy atom. The fourth-order valence-corrected chi connectivity index (χ4v) is 3.73. The van der Waals surface area contributed by atoms with E-state index in [9.17, 15) is 0 Å². The van der Waals surface area contributed by atoms with E-state index in [4.69, 9.17) is 18.6 Å². The smallest absolute Gasteiger partial charge is 0.192 e. The highest BCUT2D eigenvalue weighted by Gasteiger charge is 2.36. The number of fused-ring (bicyclic) bond motifs is 1. The van der Waals surface area contributed by atoms with Crippen molar-refractivity contribution in [2.75, 3.05) is 27.4 Å². The van der Waals surface area contributed by atoms with Crippen molar-refractivity contribution in [2.45, 2.75) is 45.8 Å². The van der Waals surface area contributed by atoms with Crippen LogP contribution in [-0.4, -0.2) is 35.8 Å². The molecule has 2 aromatic rings. The lowest BCUT2D eigenvalue weighted by Gasteiger charge is -2.36. The van der Waals surface area contributed by atoms with Gasteiger partial charge in [0.1, 0.15) is 12.4 Å². The molecule has 0 amide bonds. The largest absolute Gasteiger partial charge is 0.493 e. The van der Waals surface area contributed by atoms with Gasteiger partial charge < -0.3 is 18.6 Å². The van der Waals surface area contributed by atoms with E-state index in [0.717, 1.165) is 27.8 Å². The molecule has 0 spiro atoms. The van der Waals surface area contributed by atoms with Gasteiger partial charge in [0, 0.05) is 16.8 Å². The quantitative estimate of drug-likeness (QED) is 0.468. The Balaban J connectivity index is 2.24. The summed E-state index contributed by atoms with van der Waals surface area (Å²) in [6.45, 7) is 14.4. The van der Waals surface area contributed by atoms with Gasteiger partial charge in [-0.1, -0.05) is 39.0 Å². The number of hydrogen-bond acceptors (Lipinski definition) is 4. The summed E-state index contributed by atoms with van der Waals surface area (Å²) >= 11 is 0. The number of methoxy groups -OCH3 is 2. The standard InChI is InChI=1S/C21H32O4Si/c1-15-10-9-11-16-17(14-18(22-5)20(23-6)19(15)16)24-12-13-25-26(7,8)21(2,3)4/h9-11,14H,12-13H2,1-8H3. The maximum Gasteiger partial charge on any atom is 0.192 e. The maximum absolute atomic E-state index is 6.21. The van der Waals surface area contributed by atoms with Crippen LogP contribution >= 0.6 is 0 Å². The van der Waals surface area contributed by atoms with Crippen LogP contribution in [0.1, 0.15) is 26.3 Å². The van der Waals surface area contributed by atoms with Crippen molar-refractivity contribution >= 4 is 19.1 Å². The van der Waals surface area contributed by atoms with Gasteiger partial charge >= 0.3 is 0 Å². The van der Waals surface area contributed by atoms with Crippen molar-refractivity contribution < 1.29 is 18.6 Å². The summed E-state index contributed by atoms with van der Waals surface area (Å²) in [6.07, 6.45) is 0. The molecule has 0 aliphatic rings. The number of benzene rings is 2. The molecule has 0 radical (unpaired) electrons. The summed E-state index contributed by atoms with van der Waals surface area (Å²) < 4.78 is 23.4. The second-order valence-electron chi connectivity index (χ2n) is 8.06. The Morgan fingerprint density at radius 3 is 2.23 bits per heavy atom. The van der Waals surface area contributed by atoms with Crippen LogP contribution < -0.4 is 14.2 Å². The molecule has 0 bridgehead atoms. The fraction of sp³-hybridized carbons (Fsp3) is 0.524. The van der Waals surface area contributed by atoms with Crippen LogP contribution in [0, 0.1) is 6.92 Å². The average molecular weight is 377 g/mol. The average Bonchev–Trinajstić information content (AvgIpc) is 2.57. The first-order valence-corrected chi connectivity index (χ1v) is 11.9. The molecule has 0 N–H and O–H groups in total. The van der Waals surface area contributed by atoms with Crippen LogP contribution in [0.3, 0.4) is 0 Å². The van der Waals surface area contributed by atoms with Crippen molar-refractivity contribution in [1.82, 2.24) is 0 Å². The molecule has 26 heavy (non-hydrogen) atoms. The van der Waals surface area contributed by atoms with E-state index in [2.05, 4.69) is 46.9 Å². The van der Waals surface area contributed by atoms with Gasteiger partial charge in [-0.3, -0.25) is 0 Å². The van der Waals surface area contributed by atoms with E-state index in [1.54, 1.807) is 14.2 Å². The highest BCUT2D eigenvalue weighted by Crippen LogP contribution is 2.43. The van der Waals surface area contributed by atoms with Crippen molar-refractivity contribution in [1.29, 1.82) is 0 Å². The minimum atomic E-state index is -1.76. The summed E-state index contributed by atoms with van der Waals surface area (Å²) in [5.74, 6) is 2.21. The molecule has 0 aliphatic heterocycles. The zero-order chi connectivity index (χ0) is 19.5. The van der Waals surface area contributed by atoms with E-state index in [-0.39, 0.29) is 5.04 Å². The van der Waals surface area contributed by atoms with Gasteiger partial charge in [0.25, 0.3) is 0 Å². The van der Waals surface area contributed by atoms with Crippen molar-refractivity contribution in [2.24, 2.45) is 0 Å². The third-order valence-corrected chi connectivity index (χ3v) is 9.82. The lowest BCUT2D eigenvalue weighted by molar-refractivity contribution is 0.204. The zero-order valence-corrected chi connectivity index (χ0v) is 18.4. The van der Waals surface area contributed by atoms with Gasteiger partial charge in [0.2, 0.25) is 0 Å². The molecule has 0 saturated heterocycles. The molecule has 0 fully saturated rings. The van der Waals surface area contributed by atoms with Gasteiger partial charge in [-0.15, -0.1) is 0 Å². The van der Waals surface area contributed by atoms with Crippen molar-refractivity contribution in [3.8, 4) is 17.2 Å². The Morgan fingerprint density at radius 2 is 1.65 bits per heavy atom. The lowest BCUT2D eigenvalue weighted by atomic mass is 10.0. The molecule has 0 heterocycles. The van der Waals surface area contributed by atoms with Crippen LogP contribution in [0.15, 0.2) is 24.3 Å². The van der Waals surface area contributed by atoms with E-state index in [0.29, 0.717) is 19.0 Å². The second-order valence-corrected chi connectivity index (χ2v) is 12.9. The van der Waals surface area contributed by atoms with Crippen LogP contribution in [0.2, 0.25) is 18.1 Å². The lowest BCUT2D eigenvalue weighted by Crippen LogP contribution is -2.41. The van der Waals surface area contributed by atoms with Crippen molar-refractivity contribution in [3.63, 3.8) is 0 Å². The zero-order valence-electron chi connectivity index (χ0n) is 17.4. The van der Waals surface area contributed by atoms with Gasteiger partial charge in [-0.25, -0.2) is 0 Å². The molecule has 2 rings (SSSR count). The minimum Gasteiger partial charge on any atom is -0.493 e. The first-order chi connectivity index (χ1) is 12.1. The molecule has 0 unspecified atom stereocenters. The van der Waals surface area contributed by atoms with E-state index >= 15 is 0 Å². The van der Waals surface area contributed by atoms with Gasteiger partial charge in [0.15, 0.2) is 19.8 Å². The topological polar surface area (TPSA) is 36.9 Å². The predicted molar refractivity (Wildman–Crippen MR) is 110 cm³/mol. The molecular formula is C21H32O4Si. The minimum absolute atomic E-state index is 0.195. The summed E-state index contributed by atoms with van der Waals surface area (Å²) in [7, 11) is 1.55. The van der Waals surface area contributed by atoms with Crippen LogP contribution in [-0.2, 0) is 4.43 Å². The SMILES string of the molecule is COc1cc(OCCO[Si](C)(C)C(C)(C)C)c2cccc(C)c2c1OC. The van der Waals surface area contributed by atoms with Crippen LogP contribution in [0.25, 0.3) is 10.8 Å². The van der Waals surface area contributed by atoms with E-state index in [1.807, 2.05) is 18.2 Å². The fourth-order valence-electron chi connectivity index (χ4n) is 2.70. The Kier molecular flexibility index (Phi) is 6.24. The summed E-state index contributed by atoms with van der Waals surface area (Å²) in [4.78, 5) is 0. The number of aryl methyl sites for hydroxylation is 1. The first kappa shape index (κ1) is 20.6. The molecule has 0 atom stereocenters. The number of rotatable bonds is 7. The monoisotopic (exact) mass is 376 g/mol. The molecule has 0 aliphatic carbocycles. The highest BCUT2D eigenvalue weighted by molar-refractivity contribution is 6.74. The van der Waals surface area contributed by atoms with Gasteiger partial charge in [-0.05, 0) is 30.6 Å². The summed E-state index contributed by atoms with van der Waals surface area (Å²) in [5.41, 5.74) is 1.13. The Hall–Kier alpha value is -1.72. The third-order valence-electron chi connectivity index (χ3n) is 5.29. The van der Waals surface area contributed by atoms with E-state index < -0.39 is 8.32 Å². The first-order valence-electron chi connectivity index (χ1n) is 9.03. The molecular weight excluding hydrogens is 344 g/mol. The molecule has 5 heteroatoms. The number of ether oxygens (including phenoxy) is 3. The predicted octanol–water partition coefficient (Wildman–Crippen LogP) is 5.57. The Labute approximate surface area is 158 Å². The Bertz CT molecular complexity index is 763. The molecule has 144 valence electrons. The summed E-state index contributed by atoms with van der Waals surface area (Å²) in [6, 6.07) is 8.04. The molecule has 4 nitrogen and oxygen atoms in total. The second kappa shape index (κ2) is 7.88. The van der Waals surface area contributed by atoms with E-state index in [1.165, 1.54) is 0 Å². The molecule has 0 aromatic heterocycles. The molecule has 2 aromatic carbocycles. The van der Waals surface area contributed by atoms with Crippen LogP contribution in [0.4, 0.5) is 0 Å². The number of hydrogen-bond donors (Lipinski definition) is 0. The third kappa shape index (κ3) is 4.15. The van der Waals surface area contributed by atoms with Gasteiger partial charge in [0.05, 0.1) is 20.8 Å². The van der Waals surface area contributed by atoms with Crippen LogP contribution in [0.5, 0.6) is 17.2 Å². The highest BCUT2D eigenvalue weighted by atomic mass is 28.4.